The third-order valence-electron chi connectivity index (χ3n) is 2.25. The van der Waals surface area contributed by atoms with E-state index < -0.39 is 9.84 Å². The molecule has 0 bridgehead atoms. The minimum absolute atomic E-state index is 0.0229. The molecule has 18 heavy (non-hydrogen) atoms. The lowest BCUT2D eigenvalue weighted by Crippen LogP contribution is -2.20. The van der Waals surface area contributed by atoms with E-state index in [9.17, 15) is 8.42 Å². The molecule has 0 atom stereocenters. The molecule has 5 heteroatoms. The summed E-state index contributed by atoms with van der Waals surface area (Å²) in [5.74, 6) is 0.683. The Kier molecular flexibility index (Phi) is 5.17. The molecule has 1 rings (SSSR count). The first-order valence-electron chi connectivity index (χ1n) is 5.77. The zero-order chi connectivity index (χ0) is 13.6. The standard InChI is InChI=1S/C13H17NO3S/c1-11(2)10-18(15,16)8-7-17-13-6-4-3-5-12(13)9-14/h3-6,11H,7-8,10H2,1-2H3. The summed E-state index contributed by atoms with van der Waals surface area (Å²) in [4.78, 5) is 0. The van der Waals surface area contributed by atoms with Gasteiger partial charge in [-0.25, -0.2) is 8.42 Å². The summed E-state index contributed by atoms with van der Waals surface area (Å²) in [6.45, 7) is 3.81. The fourth-order valence-electron chi connectivity index (χ4n) is 1.55. The zero-order valence-electron chi connectivity index (χ0n) is 10.6. The van der Waals surface area contributed by atoms with Crippen LogP contribution in [0.1, 0.15) is 19.4 Å². The Morgan fingerprint density at radius 3 is 2.61 bits per heavy atom. The highest BCUT2D eigenvalue weighted by molar-refractivity contribution is 7.91. The van der Waals surface area contributed by atoms with Crippen molar-refractivity contribution in [3.05, 3.63) is 29.8 Å². The molecule has 98 valence electrons. The highest BCUT2D eigenvalue weighted by Crippen LogP contribution is 2.16. The quantitative estimate of drug-likeness (QED) is 0.790. The molecule has 0 amide bonds. The van der Waals surface area contributed by atoms with Crippen LogP contribution in [0.4, 0.5) is 0 Å². The molecule has 0 radical (unpaired) electrons. The second-order valence-corrected chi connectivity index (χ2v) is 6.69. The van der Waals surface area contributed by atoms with Crippen LogP contribution in [0.5, 0.6) is 5.75 Å². The van der Waals surface area contributed by atoms with Gasteiger partial charge in [-0.2, -0.15) is 5.26 Å². The maximum atomic E-state index is 11.6. The van der Waals surface area contributed by atoms with Gasteiger partial charge in [0, 0.05) is 0 Å². The summed E-state index contributed by atoms with van der Waals surface area (Å²) in [7, 11) is -3.08. The van der Waals surface area contributed by atoms with Crippen LogP contribution in [0.3, 0.4) is 0 Å². The lowest BCUT2D eigenvalue weighted by atomic mass is 10.2. The maximum Gasteiger partial charge on any atom is 0.153 e. The number of hydrogen-bond acceptors (Lipinski definition) is 4. The number of hydrogen-bond donors (Lipinski definition) is 0. The van der Waals surface area contributed by atoms with E-state index in [4.69, 9.17) is 10.00 Å². The van der Waals surface area contributed by atoms with Crippen LogP contribution in [0.25, 0.3) is 0 Å². The normalized spacial score (nSPS) is 11.2. The minimum Gasteiger partial charge on any atom is -0.491 e. The van der Waals surface area contributed by atoms with Crippen LogP contribution in [0.15, 0.2) is 24.3 Å². The molecule has 0 fully saturated rings. The Morgan fingerprint density at radius 2 is 2.00 bits per heavy atom. The van der Waals surface area contributed by atoms with E-state index in [0.29, 0.717) is 11.3 Å². The summed E-state index contributed by atoms with van der Waals surface area (Å²) in [6, 6.07) is 8.78. The van der Waals surface area contributed by atoms with Gasteiger partial charge in [-0.15, -0.1) is 0 Å². The van der Waals surface area contributed by atoms with E-state index in [0.717, 1.165) is 0 Å². The van der Waals surface area contributed by atoms with E-state index in [1.165, 1.54) is 0 Å². The average molecular weight is 267 g/mol. The molecule has 0 N–H and O–H groups in total. The first-order chi connectivity index (χ1) is 8.44. The molecule has 0 aliphatic rings. The third-order valence-corrected chi connectivity index (χ3v) is 4.21. The largest absolute Gasteiger partial charge is 0.491 e. The molecule has 0 unspecified atom stereocenters. The van der Waals surface area contributed by atoms with Crippen molar-refractivity contribution >= 4 is 9.84 Å². The van der Waals surface area contributed by atoms with Gasteiger partial charge in [0.1, 0.15) is 18.4 Å². The average Bonchev–Trinajstić information content (AvgIpc) is 2.27. The summed E-state index contributed by atoms with van der Waals surface area (Å²) in [5, 5.41) is 8.85. The number of para-hydroxylation sites is 1. The smallest absolute Gasteiger partial charge is 0.153 e. The third kappa shape index (κ3) is 4.76. The van der Waals surface area contributed by atoms with Crippen LogP contribution in [-0.2, 0) is 9.84 Å². The molecule has 0 saturated carbocycles. The highest BCUT2D eigenvalue weighted by Gasteiger charge is 2.13. The van der Waals surface area contributed by atoms with Crippen LogP contribution in [-0.4, -0.2) is 26.5 Å². The molecule has 0 spiro atoms. The molecule has 1 aromatic carbocycles. The Morgan fingerprint density at radius 1 is 1.33 bits per heavy atom. The lowest BCUT2D eigenvalue weighted by Gasteiger charge is -2.09. The van der Waals surface area contributed by atoms with Crippen molar-refractivity contribution in [1.82, 2.24) is 0 Å². The Bertz CT molecular complexity index is 529. The topological polar surface area (TPSA) is 67.2 Å². The first kappa shape index (κ1) is 14.5. The number of rotatable bonds is 6. The molecular weight excluding hydrogens is 250 g/mol. The van der Waals surface area contributed by atoms with Crippen molar-refractivity contribution in [3.8, 4) is 11.8 Å². The fourth-order valence-corrected chi connectivity index (χ4v) is 3.07. The van der Waals surface area contributed by atoms with E-state index >= 15 is 0 Å². The van der Waals surface area contributed by atoms with Crippen molar-refractivity contribution in [1.29, 1.82) is 5.26 Å². The fraction of sp³-hybridized carbons (Fsp3) is 0.462. The van der Waals surface area contributed by atoms with Crippen LogP contribution < -0.4 is 4.74 Å². The number of nitrogens with zero attached hydrogens (tertiary/aromatic N) is 1. The van der Waals surface area contributed by atoms with Gasteiger partial charge in [-0.1, -0.05) is 26.0 Å². The molecule has 0 heterocycles. The van der Waals surface area contributed by atoms with Gasteiger partial charge in [-0.3, -0.25) is 0 Å². The van der Waals surface area contributed by atoms with Crippen molar-refractivity contribution in [2.45, 2.75) is 13.8 Å². The monoisotopic (exact) mass is 267 g/mol. The van der Waals surface area contributed by atoms with Crippen molar-refractivity contribution in [3.63, 3.8) is 0 Å². The summed E-state index contributed by atoms with van der Waals surface area (Å²) in [5.41, 5.74) is 0.416. The van der Waals surface area contributed by atoms with Crippen LogP contribution in [0, 0.1) is 17.2 Å². The summed E-state index contributed by atoms with van der Waals surface area (Å²) < 4.78 is 28.6. The number of ether oxygens (including phenoxy) is 1. The molecule has 1 aromatic rings. The number of benzene rings is 1. The van der Waals surface area contributed by atoms with Gasteiger partial charge < -0.3 is 4.74 Å². The van der Waals surface area contributed by atoms with Crippen LogP contribution >= 0.6 is 0 Å². The van der Waals surface area contributed by atoms with Gasteiger partial charge in [0.2, 0.25) is 0 Å². The van der Waals surface area contributed by atoms with Gasteiger partial charge in [-0.05, 0) is 18.1 Å². The Hall–Kier alpha value is -1.54. The molecule has 0 aliphatic carbocycles. The summed E-state index contributed by atoms with van der Waals surface area (Å²) in [6.07, 6.45) is 0. The predicted molar refractivity (Wildman–Crippen MR) is 70.1 cm³/mol. The SMILES string of the molecule is CC(C)CS(=O)(=O)CCOc1ccccc1C#N. The molecule has 0 aromatic heterocycles. The second kappa shape index (κ2) is 6.41. The zero-order valence-corrected chi connectivity index (χ0v) is 11.4. The Balaban J connectivity index is 2.55. The molecule has 0 aliphatic heterocycles. The van der Waals surface area contributed by atoms with Gasteiger partial charge in [0.05, 0.1) is 17.1 Å². The number of sulfone groups is 1. The molecular formula is C13H17NO3S. The first-order valence-corrected chi connectivity index (χ1v) is 7.59. The van der Waals surface area contributed by atoms with E-state index in [2.05, 4.69) is 0 Å². The van der Waals surface area contributed by atoms with E-state index in [-0.39, 0.29) is 24.0 Å². The van der Waals surface area contributed by atoms with Crippen molar-refractivity contribution < 1.29 is 13.2 Å². The van der Waals surface area contributed by atoms with Gasteiger partial charge in [0.25, 0.3) is 0 Å². The van der Waals surface area contributed by atoms with E-state index in [1.807, 2.05) is 19.9 Å². The predicted octanol–water partition coefficient (Wildman–Crippen LogP) is 2.01. The lowest BCUT2D eigenvalue weighted by molar-refractivity contribution is 0.339. The maximum absolute atomic E-state index is 11.6. The van der Waals surface area contributed by atoms with Gasteiger partial charge in [0.15, 0.2) is 9.84 Å². The molecule has 4 nitrogen and oxygen atoms in total. The van der Waals surface area contributed by atoms with Crippen molar-refractivity contribution in [2.24, 2.45) is 5.92 Å². The van der Waals surface area contributed by atoms with Gasteiger partial charge >= 0.3 is 0 Å². The summed E-state index contributed by atoms with van der Waals surface area (Å²) >= 11 is 0. The Labute approximate surface area is 108 Å². The minimum atomic E-state index is -3.08. The number of nitriles is 1. The van der Waals surface area contributed by atoms with Crippen molar-refractivity contribution in [2.75, 3.05) is 18.1 Å². The highest BCUT2D eigenvalue weighted by atomic mass is 32.2. The van der Waals surface area contributed by atoms with Crippen LogP contribution in [0.2, 0.25) is 0 Å². The second-order valence-electron chi connectivity index (χ2n) is 4.46. The van der Waals surface area contributed by atoms with E-state index in [1.54, 1.807) is 24.3 Å². The molecule has 0 saturated heterocycles.